The molecule has 0 saturated carbocycles. The minimum absolute atomic E-state index is 0. The van der Waals surface area contributed by atoms with Gasteiger partial charge in [0.25, 0.3) is 0 Å². The lowest BCUT2D eigenvalue weighted by Gasteiger charge is -2.16. The van der Waals surface area contributed by atoms with Gasteiger partial charge in [0, 0.05) is 53.3 Å². The van der Waals surface area contributed by atoms with E-state index in [4.69, 9.17) is 9.47 Å². The first-order chi connectivity index (χ1) is 12.0. The summed E-state index contributed by atoms with van der Waals surface area (Å²) in [5, 5.41) is 6.38. The number of methoxy groups -OCH3 is 1. The first kappa shape index (κ1) is 24.5. The van der Waals surface area contributed by atoms with Crippen molar-refractivity contribution in [2.24, 2.45) is 4.99 Å². The van der Waals surface area contributed by atoms with Crippen LogP contribution >= 0.6 is 24.0 Å². The summed E-state index contributed by atoms with van der Waals surface area (Å²) in [6.45, 7) is 4.19. The molecule has 0 aromatic heterocycles. The number of ether oxygens (including phenoxy) is 2. The van der Waals surface area contributed by atoms with Crippen molar-refractivity contribution in [1.29, 1.82) is 0 Å². The normalized spacial score (nSPS) is 10.7. The second-order valence-electron chi connectivity index (χ2n) is 5.84. The Morgan fingerprint density at radius 3 is 2.58 bits per heavy atom. The molecule has 0 aliphatic carbocycles. The van der Waals surface area contributed by atoms with Crippen molar-refractivity contribution in [2.45, 2.75) is 19.9 Å². The number of nitrogens with zero attached hydrogens (tertiary/aromatic N) is 2. The molecule has 0 bridgehead atoms. The molecule has 1 rings (SSSR count). The number of hydrogen-bond donors (Lipinski definition) is 2. The second-order valence-corrected chi connectivity index (χ2v) is 5.84. The quantitative estimate of drug-likeness (QED) is 0.245. The van der Waals surface area contributed by atoms with Crippen molar-refractivity contribution in [3.63, 3.8) is 0 Å². The molecule has 0 radical (unpaired) electrons. The van der Waals surface area contributed by atoms with Gasteiger partial charge in [-0.3, -0.25) is 9.79 Å². The highest BCUT2D eigenvalue weighted by Crippen LogP contribution is 2.20. The predicted octanol–water partition coefficient (Wildman–Crippen LogP) is 1.78. The van der Waals surface area contributed by atoms with Gasteiger partial charge in [-0.2, -0.15) is 0 Å². The molecule has 1 aromatic carbocycles. The summed E-state index contributed by atoms with van der Waals surface area (Å²) < 4.78 is 10.8. The molecular formula is C18H31IN4O3. The van der Waals surface area contributed by atoms with Crippen LogP contribution in [0.4, 0.5) is 0 Å². The summed E-state index contributed by atoms with van der Waals surface area (Å²) in [7, 11) is 6.85. The first-order valence-electron chi connectivity index (χ1n) is 8.33. The summed E-state index contributed by atoms with van der Waals surface area (Å²) in [6, 6.07) is 6.10. The van der Waals surface area contributed by atoms with Crippen LogP contribution in [0.5, 0.6) is 5.75 Å². The zero-order valence-electron chi connectivity index (χ0n) is 16.3. The third-order valence-corrected chi connectivity index (χ3v) is 3.57. The van der Waals surface area contributed by atoms with Crippen LogP contribution in [0.3, 0.4) is 0 Å². The van der Waals surface area contributed by atoms with Crippen LogP contribution in [0.2, 0.25) is 0 Å². The number of nitrogens with one attached hydrogen (secondary N) is 2. The highest BCUT2D eigenvalue weighted by molar-refractivity contribution is 14.0. The lowest BCUT2D eigenvalue weighted by Crippen LogP contribution is -2.38. The number of halogens is 1. The van der Waals surface area contributed by atoms with Crippen LogP contribution < -0.4 is 15.4 Å². The van der Waals surface area contributed by atoms with E-state index in [2.05, 4.69) is 15.6 Å². The lowest BCUT2D eigenvalue weighted by atomic mass is 10.1. The number of hydrogen-bond acceptors (Lipinski definition) is 4. The zero-order valence-corrected chi connectivity index (χ0v) is 18.6. The zero-order chi connectivity index (χ0) is 18.7. The van der Waals surface area contributed by atoms with Crippen LogP contribution in [0.15, 0.2) is 23.2 Å². The fourth-order valence-corrected chi connectivity index (χ4v) is 2.09. The molecule has 0 saturated heterocycles. The maximum atomic E-state index is 11.6. The van der Waals surface area contributed by atoms with Crippen molar-refractivity contribution in [3.8, 4) is 5.75 Å². The van der Waals surface area contributed by atoms with E-state index >= 15 is 0 Å². The van der Waals surface area contributed by atoms with Crippen LogP contribution in [0, 0.1) is 6.92 Å². The van der Waals surface area contributed by atoms with Crippen molar-refractivity contribution in [2.75, 3.05) is 48.0 Å². The fourth-order valence-electron chi connectivity index (χ4n) is 2.09. The molecule has 0 aliphatic heterocycles. The number of benzene rings is 1. The Morgan fingerprint density at radius 2 is 1.96 bits per heavy atom. The molecule has 8 heteroatoms. The Hall–Kier alpha value is -1.55. The Kier molecular flexibility index (Phi) is 12.8. The molecule has 0 fully saturated rings. The fraction of sp³-hybridized carbons (Fsp3) is 0.556. The Balaban J connectivity index is 0.00000625. The summed E-state index contributed by atoms with van der Waals surface area (Å²) >= 11 is 0. The Labute approximate surface area is 173 Å². The smallest absolute Gasteiger partial charge is 0.223 e. The van der Waals surface area contributed by atoms with Crippen LogP contribution in [-0.4, -0.2) is 64.8 Å². The van der Waals surface area contributed by atoms with E-state index in [-0.39, 0.29) is 29.9 Å². The van der Waals surface area contributed by atoms with Crippen molar-refractivity contribution < 1.29 is 14.3 Å². The van der Waals surface area contributed by atoms with Crippen LogP contribution in [-0.2, 0) is 16.1 Å². The minimum Gasteiger partial charge on any atom is -0.491 e. The summed E-state index contributed by atoms with van der Waals surface area (Å²) in [5.74, 6) is 1.56. The Morgan fingerprint density at radius 1 is 1.23 bits per heavy atom. The topological polar surface area (TPSA) is 75.2 Å². The van der Waals surface area contributed by atoms with Crippen LogP contribution in [0.1, 0.15) is 17.5 Å². The lowest BCUT2D eigenvalue weighted by molar-refractivity contribution is -0.128. The minimum atomic E-state index is 0. The van der Waals surface area contributed by atoms with Crippen molar-refractivity contribution >= 4 is 35.8 Å². The van der Waals surface area contributed by atoms with Gasteiger partial charge in [0.15, 0.2) is 5.96 Å². The molecule has 0 aliphatic rings. The third-order valence-electron chi connectivity index (χ3n) is 3.57. The Bertz CT molecular complexity index is 580. The van der Waals surface area contributed by atoms with Crippen LogP contribution in [0.25, 0.3) is 0 Å². The highest BCUT2D eigenvalue weighted by Gasteiger charge is 2.07. The number of aliphatic imine (C=N–C) groups is 1. The van der Waals surface area contributed by atoms with Gasteiger partial charge in [-0.1, -0.05) is 12.1 Å². The molecule has 7 nitrogen and oxygen atoms in total. The third kappa shape index (κ3) is 9.23. The van der Waals surface area contributed by atoms with Gasteiger partial charge in [-0.15, -0.1) is 24.0 Å². The molecule has 0 heterocycles. The molecular weight excluding hydrogens is 447 g/mol. The summed E-state index contributed by atoms with van der Waals surface area (Å²) in [4.78, 5) is 17.3. The summed E-state index contributed by atoms with van der Waals surface area (Å²) in [5.41, 5.74) is 2.18. The maximum absolute atomic E-state index is 11.6. The molecule has 0 spiro atoms. The van der Waals surface area contributed by atoms with Crippen molar-refractivity contribution in [1.82, 2.24) is 15.5 Å². The van der Waals surface area contributed by atoms with Gasteiger partial charge >= 0.3 is 0 Å². The van der Waals surface area contributed by atoms with Gasteiger partial charge in [-0.25, -0.2) is 0 Å². The molecule has 1 aromatic rings. The average molecular weight is 478 g/mol. The van der Waals surface area contributed by atoms with Gasteiger partial charge in [0.1, 0.15) is 12.4 Å². The van der Waals surface area contributed by atoms with Crippen molar-refractivity contribution in [3.05, 3.63) is 29.3 Å². The van der Waals surface area contributed by atoms with E-state index in [0.29, 0.717) is 38.7 Å². The van der Waals surface area contributed by atoms with E-state index in [1.54, 1.807) is 33.2 Å². The van der Waals surface area contributed by atoms with Gasteiger partial charge in [0.2, 0.25) is 5.91 Å². The van der Waals surface area contributed by atoms with E-state index in [9.17, 15) is 4.79 Å². The number of amides is 1. The molecule has 0 atom stereocenters. The number of carbonyl (C=O) groups is 1. The standard InChI is InChI=1S/C18H30N4O3.HI/c1-14-6-7-15(16(12-14)25-11-10-24-5)13-21-18(19-2)20-9-8-17(23)22(3)4;/h6-7,12H,8-11,13H2,1-5H3,(H2,19,20,21);1H. The molecule has 26 heavy (non-hydrogen) atoms. The van der Waals surface area contributed by atoms with Gasteiger partial charge in [-0.05, 0) is 18.6 Å². The number of carbonyl (C=O) groups excluding carboxylic acids is 1. The average Bonchev–Trinajstić information content (AvgIpc) is 2.59. The molecule has 2 N–H and O–H groups in total. The van der Waals surface area contributed by atoms with Gasteiger partial charge < -0.3 is 25.0 Å². The summed E-state index contributed by atoms with van der Waals surface area (Å²) in [6.07, 6.45) is 0.420. The van der Waals surface area contributed by atoms with E-state index in [0.717, 1.165) is 16.9 Å². The second kappa shape index (κ2) is 13.6. The number of aryl methyl sites for hydroxylation is 1. The molecule has 0 unspecified atom stereocenters. The van der Waals surface area contributed by atoms with Gasteiger partial charge in [0.05, 0.1) is 6.61 Å². The monoisotopic (exact) mass is 478 g/mol. The van der Waals surface area contributed by atoms with E-state index in [1.165, 1.54) is 0 Å². The maximum Gasteiger partial charge on any atom is 0.223 e. The largest absolute Gasteiger partial charge is 0.491 e. The van der Waals surface area contributed by atoms with E-state index in [1.807, 2.05) is 25.1 Å². The predicted molar refractivity (Wildman–Crippen MR) is 115 cm³/mol. The van der Waals surface area contributed by atoms with E-state index < -0.39 is 0 Å². The number of guanidine groups is 1. The number of rotatable bonds is 9. The first-order valence-corrected chi connectivity index (χ1v) is 8.33. The molecule has 148 valence electrons. The highest BCUT2D eigenvalue weighted by atomic mass is 127. The SMILES string of the molecule is CN=C(NCCC(=O)N(C)C)NCc1ccc(C)cc1OCCOC.I. The molecule has 1 amide bonds.